The van der Waals surface area contributed by atoms with E-state index in [-0.39, 0.29) is 22.8 Å². The fourth-order valence-electron chi connectivity index (χ4n) is 4.36. The summed E-state index contributed by atoms with van der Waals surface area (Å²) in [5.41, 5.74) is 3.46. The number of nitrogens with one attached hydrogen (secondary N) is 1. The van der Waals surface area contributed by atoms with Crippen LogP contribution in [0.15, 0.2) is 48.1 Å². The number of allylic oxidation sites excluding steroid dienone is 4. The molecule has 0 saturated carbocycles. The zero-order valence-electron chi connectivity index (χ0n) is 16.4. The number of carbonyl (C=O) groups excluding carboxylic acids is 2. The molecule has 1 aromatic carbocycles. The van der Waals surface area contributed by atoms with Crippen molar-refractivity contribution in [3.8, 4) is 0 Å². The number of benzene rings is 1. The molecule has 4 rings (SSSR count). The molecule has 0 bridgehead atoms. The maximum Gasteiger partial charge on any atom is 0.254 e. The van der Waals surface area contributed by atoms with Gasteiger partial charge < -0.3 is 10.2 Å². The average Bonchev–Trinajstić information content (AvgIpc) is 3.02. The highest BCUT2D eigenvalue weighted by atomic mass is 16.2. The molecule has 27 heavy (non-hydrogen) atoms. The predicted molar refractivity (Wildman–Crippen MR) is 106 cm³/mol. The summed E-state index contributed by atoms with van der Waals surface area (Å²) in [5, 5.41) is 3.03. The van der Waals surface area contributed by atoms with E-state index < -0.39 is 0 Å². The van der Waals surface area contributed by atoms with Crippen LogP contribution in [0, 0.1) is 5.41 Å². The molecule has 1 unspecified atom stereocenters. The van der Waals surface area contributed by atoms with Crippen LogP contribution < -0.4 is 5.32 Å². The third kappa shape index (κ3) is 3.45. The lowest BCUT2D eigenvalue weighted by Gasteiger charge is -2.47. The molecule has 142 valence electrons. The highest BCUT2D eigenvalue weighted by Gasteiger charge is 2.49. The summed E-state index contributed by atoms with van der Waals surface area (Å²) in [5.74, 6) is 0.535. The molecule has 4 nitrogen and oxygen atoms in total. The number of hydrogen-bond acceptors (Lipinski definition) is 2. The van der Waals surface area contributed by atoms with Gasteiger partial charge in [0.1, 0.15) is 0 Å². The van der Waals surface area contributed by atoms with Crippen LogP contribution in [0.5, 0.6) is 0 Å². The van der Waals surface area contributed by atoms with Gasteiger partial charge in [-0.3, -0.25) is 9.59 Å². The van der Waals surface area contributed by atoms with Crippen molar-refractivity contribution in [3.63, 3.8) is 0 Å². The maximum absolute atomic E-state index is 12.7. The van der Waals surface area contributed by atoms with Gasteiger partial charge in [0, 0.05) is 31.0 Å². The minimum atomic E-state index is -0.157. The molecule has 1 spiro atoms. The van der Waals surface area contributed by atoms with Crippen molar-refractivity contribution >= 4 is 11.8 Å². The molecule has 0 aromatic heterocycles. The zero-order chi connectivity index (χ0) is 19.2. The van der Waals surface area contributed by atoms with Crippen LogP contribution in [0.3, 0.4) is 0 Å². The van der Waals surface area contributed by atoms with E-state index >= 15 is 0 Å². The first-order valence-corrected chi connectivity index (χ1v) is 9.84. The molecule has 1 aromatic rings. The summed E-state index contributed by atoms with van der Waals surface area (Å²) < 4.78 is 0. The Bertz CT molecular complexity index is 821. The molecular formula is C23H28N2O2. The fourth-order valence-corrected chi connectivity index (χ4v) is 4.36. The van der Waals surface area contributed by atoms with Gasteiger partial charge in [-0.25, -0.2) is 0 Å². The molecule has 2 heterocycles. The Morgan fingerprint density at radius 3 is 2.48 bits per heavy atom. The number of rotatable bonds is 2. The average molecular weight is 364 g/mol. The van der Waals surface area contributed by atoms with Gasteiger partial charge in [0.25, 0.3) is 5.91 Å². The summed E-state index contributed by atoms with van der Waals surface area (Å²) >= 11 is 0. The van der Waals surface area contributed by atoms with E-state index in [2.05, 4.69) is 56.4 Å². The van der Waals surface area contributed by atoms with E-state index in [1.54, 1.807) is 0 Å². The predicted octanol–water partition coefficient (Wildman–Crippen LogP) is 3.81. The van der Waals surface area contributed by atoms with Crippen molar-refractivity contribution in [2.45, 2.75) is 51.5 Å². The topological polar surface area (TPSA) is 49.4 Å². The van der Waals surface area contributed by atoms with E-state index in [1.165, 1.54) is 11.1 Å². The SMILES string of the molecule is CC(C)(C)C1=CC=CC(c2ccc(C(=O)N3CC4(CCC(=O)N4)C3)cc2)C1. The molecule has 4 heteroatoms. The number of carbonyl (C=O) groups is 2. The normalized spacial score (nSPS) is 23.8. The first-order valence-electron chi connectivity index (χ1n) is 9.84. The van der Waals surface area contributed by atoms with Crippen LogP contribution in [0.2, 0.25) is 0 Å². The zero-order valence-corrected chi connectivity index (χ0v) is 16.4. The van der Waals surface area contributed by atoms with Gasteiger partial charge in [-0.15, -0.1) is 0 Å². The second-order valence-electron chi connectivity index (χ2n) is 9.25. The molecular weight excluding hydrogens is 336 g/mol. The van der Waals surface area contributed by atoms with Crippen LogP contribution in [0.1, 0.15) is 61.9 Å². The summed E-state index contributed by atoms with van der Waals surface area (Å²) in [4.78, 5) is 26.0. The summed E-state index contributed by atoms with van der Waals surface area (Å²) in [6, 6.07) is 8.05. The van der Waals surface area contributed by atoms with Crippen molar-refractivity contribution in [1.29, 1.82) is 0 Å². The Morgan fingerprint density at radius 2 is 1.89 bits per heavy atom. The lowest BCUT2D eigenvalue weighted by atomic mass is 9.77. The maximum atomic E-state index is 12.7. The van der Waals surface area contributed by atoms with Crippen molar-refractivity contribution < 1.29 is 9.59 Å². The molecule has 1 aliphatic carbocycles. The lowest BCUT2D eigenvalue weighted by molar-refractivity contribution is -0.120. The van der Waals surface area contributed by atoms with Gasteiger partial charge in [0.05, 0.1) is 5.54 Å². The molecule has 2 fully saturated rings. The molecule has 2 aliphatic heterocycles. The van der Waals surface area contributed by atoms with Gasteiger partial charge in [-0.1, -0.05) is 56.7 Å². The number of likely N-dealkylation sites (tertiary alicyclic amines) is 1. The van der Waals surface area contributed by atoms with Crippen molar-refractivity contribution in [3.05, 3.63) is 59.2 Å². The van der Waals surface area contributed by atoms with E-state index in [0.29, 0.717) is 25.4 Å². The van der Waals surface area contributed by atoms with Gasteiger partial charge in [0.15, 0.2) is 0 Å². The van der Waals surface area contributed by atoms with Crippen molar-refractivity contribution in [2.24, 2.45) is 5.41 Å². The van der Waals surface area contributed by atoms with E-state index in [4.69, 9.17) is 0 Å². The summed E-state index contributed by atoms with van der Waals surface area (Å²) in [6.07, 6.45) is 9.08. The Morgan fingerprint density at radius 1 is 1.19 bits per heavy atom. The second-order valence-corrected chi connectivity index (χ2v) is 9.25. The molecule has 2 saturated heterocycles. The molecule has 3 aliphatic rings. The van der Waals surface area contributed by atoms with Gasteiger partial charge in [0.2, 0.25) is 5.91 Å². The standard InChI is InChI=1S/C23H28N2O2/c1-22(2,3)19-6-4-5-18(13-19)16-7-9-17(10-8-16)21(27)25-14-23(15-25)12-11-20(26)24-23/h4-10,18H,11-15H2,1-3H3,(H,24,26). The monoisotopic (exact) mass is 364 g/mol. The number of hydrogen-bond donors (Lipinski definition) is 1. The van der Waals surface area contributed by atoms with Crippen LogP contribution in [-0.4, -0.2) is 35.3 Å². The molecule has 0 radical (unpaired) electrons. The van der Waals surface area contributed by atoms with Gasteiger partial charge >= 0.3 is 0 Å². The second kappa shape index (κ2) is 6.36. The first-order chi connectivity index (χ1) is 12.8. The van der Waals surface area contributed by atoms with E-state index in [1.807, 2.05) is 17.0 Å². The smallest absolute Gasteiger partial charge is 0.254 e. The van der Waals surface area contributed by atoms with Crippen LogP contribution in [-0.2, 0) is 4.79 Å². The van der Waals surface area contributed by atoms with Crippen LogP contribution in [0.4, 0.5) is 0 Å². The Kier molecular flexibility index (Phi) is 4.25. The van der Waals surface area contributed by atoms with Crippen molar-refractivity contribution in [2.75, 3.05) is 13.1 Å². The third-order valence-electron chi connectivity index (χ3n) is 6.14. The van der Waals surface area contributed by atoms with Crippen LogP contribution in [0.25, 0.3) is 0 Å². The molecule has 1 N–H and O–H groups in total. The fraction of sp³-hybridized carbons (Fsp3) is 0.478. The Balaban J connectivity index is 1.40. The van der Waals surface area contributed by atoms with Gasteiger partial charge in [-0.2, -0.15) is 0 Å². The largest absolute Gasteiger partial charge is 0.347 e. The minimum Gasteiger partial charge on any atom is -0.347 e. The van der Waals surface area contributed by atoms with Crippen LogP contribution >= 0.6 is 0 Å². The van der Waals surface area contributed by atoms with Crippen molar-refractivity contribution in [1.82, 2.24) is 10.2 Å². The molecule has 2 amide bonds. The summed E-state index contributed by atoms with van der Waals surface area (Å²) in [6.45, 7) is 8.02. The Labute approximate surface area is 161 Å². The van der Waals surface area contributed by atoms with E-state index in [0.717, 1.165) is 18.4 Å². The highest BCUT2D eigenvalue weighted by Crippen LogP contribution is 2.37. The quantitative estimate of drug-likeness (QED) is 0.868. The lowest BCUT2D eigenvalue weighted by Crippen LogP contribution is -2.68. The third-order valence-corrected chi connectivity index (χ3v) is 6.14. The van der Waals surface area contributed by atoms with E-state index in [9.17, 15) is 9.59 Å². The summed E-state index contributed by atoms with van der Waals surface area (Å²) in [7, 11) is 0. The highest BCUT2D eigenvalue weighted by molar-refractivity contribution is 5.95. The first kappa shape index (κ1) is 18.0. The number of amides is 2. The van der Waals surface area contributed by atoms with Gasteiger partial charge in [-0.05, 0) is 36.0 Å². The minimum absolute atomic E-state index is 0.0581. The molecule has 1 atom stereocenters. The number of nitrogens with zero attached hydrogens (tertiary/aromatic N) is 1. The Hall–Kier alpha value is -2.36.